The number of para-hydroxylation sites is 3. The van der Waals surface area contributed by atoms with E-state index in [9.17, 15) is 0 Å². The Bertz CT molecular complexity index is 2830. The molecule has 7 aromatic carbocycles. The van der Waals surface area contributed by atoms with Gasteiger partial charge in [-0.3, -0.25) is 0 Å². The smallest absolute Gasteiger partial charge is 0.186 e. The average molecular weight is 658 g/mol. The van der Waals surface area contributed by atoms with Crippen molar-refractivity contribution >= 4 is 43.6 Å². The molecule has 0 aliphatic carbocycles. The Morgan fingerprint density at radius 3 is 1.44 bits per heavy atom. The quantitative estimate of drug-likeness (QED) is 0.137. The van der Waals surface area contributed by atoms with Crippen molar-refractivity contribution in [1.82, 2.24) is 9.13 Å². The molecule has 50 heavy (non-hydrogen) atoms. The number of benzene rings is 7. The fourth-order valence-corrected chi connectivity index (χ4v) is 7.18. The van der Waals surface area contributed by atoms with Gasteiger partial charge in [0.2, 0.25) is 0 Å². The number of nitrogens with zero attached hydrogens (tertiary/aromatic N) is 3. The third-order valence-corrected chi connectivity index (χ3v) is 9.46. The van der Waals surface area contributed by atoms with E-state index in [0.717, 1.165) is 38.6 Å². The molecule has 0 atom stereocenters. The fourth-order valence-electron chi connectivity index (χ4n) is 7.18. The van der Waals surface area contributed by atoms with Crippen LogP contribution in [0.25, 0.3) is 77.2 Å². The zero-order valence-electron chi connectivity index (χ0n) is 26.1. The van der Waals surface area contributed by atoms with E-state index < -0.39 is 34.5 Å². The summed E-state index contributed by atoms with van der Waals surface area (Å²) in [5, 5.41) is 12.6. The molecule has 3 nitrogen and oxygen atoms in total. The molecule has 9 aromatic rings. The SMILES string of the molecule is N#Cc1ccc(-c2c(F)c(F)c(-n3c4ccccc4c4cc(-c5ccc6c(c5)c5ccccc5n6-c5ccccc5)ccc43)c(F)c2F)cc1. The summed E-state index contributed by atoms with van der Waals surface area (Å²) >= 11 is 0. The van der Waals surface area contributed by atoms with Crippen LogP contribution in [-0.2, 0) is 0 Å². The van der Waals surface area contributed by atoms with E-state index in [4.69, 9.17) is 5.26 Å². The summed E-state index contributed by atoms with van der Waals surface area (Å²) in [5.74, 6) is -6.08. The highest BCUT2D eigenvalue weighted by molar-refractivity contribution is 6.12. The molecule has 0 spiro atoms. The van der Waals surface area contributed by atoms with Gasteiger partial charge >= 0.3 is 0 Å². The minimum Gasteiger partial charge on any atom is -0.309 e. The zero-order chi connectivity index (χ0) is 34.1. The van der Waals surface area contributed by atoms with E-state index in [2.05, 4.69) is 41.0 Å². The van der Waals surface area contributed by atoms with Crippen molar-refractivity contribution in [1.29, 1.82) is 5.26 Å². The molecule has 9 rings (SSSR count). The molecule has 2 aromatic heterocycles. The third kappa shape index (κ3) is 4.28. The van der Waals surface area contributed by atoms with Crippen LogP contribution in [0.15, 0.2) is 140 Å². The fraction of sp³-hybridized carbons (Fsp3) is 0. The van der Waals surface area contributed by atoms with Crippen molar-refractivity contribution in [2.45, 2.75) is 0 Å². The Morgan fingerprint density at radius 1 is 0.420 bits per heavy atom. The standard InChI is InChI=1S/C43H23F4N3/c44-39-38(26-16-14-25(24-48)15-17-26)40(45)42(47)43(41(39)46)50-35-13-7-5-11-31(35)33-23-28(19-21-37(33)50)27-18-20-36-32(22-27)30-10-4-6-12-34(30)49(36)29-8-2-1-3-9-29/h1-23H. The van der Waals surface area contributed by atoms with Crippen molar-refractivity contribution < 1.29 is 17.6 Å². The molecule has 0 aliphatic rings. The number of aromatic nitrogens is 2. The zero-order valence-corrected chi connectivity index (χ0v) is 26.1. The molecule has 0 radical (unpaired) electrons. The lowest BCUT2D eigenvalue weighted by Gasteiger charge is -2.15. The Hall–Kier alpha value is -6.65. The summed E-state index contributed by atoms with van der Waals surface area (Å²) < 4.78 is 67.0. The van der Waals surface area contributed by atoms with E-state index in [1.54, 1.807) is 18.2 Å². The van der Waals surface area contributed by atoms with E-state index >= 15 is 17.6 Å². The number of rotatable bonds is 4. The lowest BCUT2D eigenvalue weighted by atomic mass is 10.0. The summed E-state index contributed by atoms with van der Waals surface area (Å²) in [6.45, 7) is 0. The van der Waals surface area contributed by atoms with Gasteiger partial charge in [0.05, 0.1) is 39.3 Å². The van der Waals surface area contributed by atoms with Gasteiger partial charge in [-0.05, 0) is 77.4 Å². The molecular weight excluding hydrogens is 634 g/mol. The first kappa shape index (κ1) is 29.5. The van der Waals surface area contributed by atoms with Crippen LogP contribution in [0.2, 0.25) is 0 Å². The second-order valence-corrected chi connectivity index (χ2v) is 12.2. The number of hydrogen-bond acceptors (Lipinski definition) is 1. The Balaban J connectivity index is 1.24. The van der Waals surface area contributed by atoms with Gasteiger partial charge in [0.25, 0.3) is 0 Å². The summed E-state index contributed by atoms with van der Waals surface area (Å²) in [5.41, 5.74) is 4.26. The van der Waals surface area contributed by atoms with Crippen LogP contribution in [0.4, 0.5) is 17.6 Å². The average Bonchev–Trinajstić information content (AvgIpc) is 3.67. The summed E-state index contributed by atoms with van der Waals surface area (Å²) in [6, 6.07) is 44.3. The van der Waals surface area contributed by atoms with Crippen LogP contribution in [0.3, 0.4) is 0 Å². The van der Waals surface area contributed by atoms with E-state index in [1.807, 2.05) is 66.7 Å². The summed E-state index contributed by atoms with van der Waals surface area (Å²) in [6.07, 6.45) is 0. The minimum absolute atomic E-state index is 0.0842. The van der Waals surface area contributed by atoms with Crippen molar-refractivity contribution in [3.05, 3.63) is 168 Å². The highest BCUT2D eigenvalue weighted by atomic mass is 19.2. The molecule has 0 saturated heterocycles. The third-order valence-electron chi connectivity index (χ3n) is 9.46. The Kier molecular flexibility index (Phi) is 6.61. The van der Waals surface area contributed by atoms with Crippen LogP contribution >= 0.6 is 0 Å². The van der Waals surface area contributed by atoms with Gasteiger partial charge in [-0.15, -0.1) is 0 Å². The largest absolute Gasteiger partial charge is 0.309 e. The first-order chi connectivity index (χ1) is 24.4. The van der Waals surface area contributed by atoms with Gasteiger partial charge in [0.15, 0.2) is 23.3 Å². The van der Waals surface area contributed by atoms with Crippen molar-refractivity contribution in [3.8, 4) is 39.7 Å². The van der Waals surface area contributed by atoms with Crippen LogP contribution in [-0.4, -0.2) is 9.13 Å². The molecule has 0 N–H and O–H groups in total. The normalized spacial score (nSPS) is 11.6. The van der Waals surface area contributed by atoms with Crippen LogP contribution in [0.5, 0.6) is 0 Å². The molecule has 0 saturated carbocycles. The summed E-state index contributed by atoms with van der Waals surface area (Å²) in [4.78, 5) is 0. The predicted molar refractivity (Wildman–Crippen MR) is 191 cm³/mol. The maximum absolute atomic E-state index is 16.0. The van der Waals surface area contributed by atoms with E-state index in [0.29, 0.717) is 21.8 Å². The van der Waals surface area contributed by atoms with Gasteiger partial charge in [-0.2, -0.15) is 5.26 Å². The molecule has 238 valence electrons. The molecule has 0 amide bonds. The monoisotopic (exact) mass is 657 g/mol. The first-order valence-corrected chi connectivity index (χ1v) is 15.9. The number of hydrogen-bond donors (Lipinski definition) is 0. The van der Waals surface area contributed by atoms with Gasteiger partial charge < -0.3 is 9.13 Å². The predicted octanol–water partition coefficient (Wildman–Crippen LogP) is 11.6. The number of halogens is 4. The Labute approximate surface area is 283 Å². The molecule has 0 bridgehead atoms. The van der Waals surface area contributed by atoms with Crippen LogP contribution in [0.1, 0.15) is 5.56 Å². The van der Waals surface area contributed by atoms with E-state index in [1.165, 1.54) is 28.8 Å². The summed E-state index contributed by atoms with van der Waals surface area (Å²) in [7, 11) is 0. The number of nitriles is 1. The van der Waals surface area contributed by atoms with Crippen molar-refractivity contribution in [2.24, 2.45) is 0 Å². The van der Waals surface area contributed by atoms with Gasteiger partial charge in [0, 0.05) is 27.2 Å². The molecule has 2 heterocycles. The van der Waals surface area contributed by atoms with Crippen molar-refractivity contribution in [2.75, 3.05) is 0 Å². The Morgan fingerprint density at radius 2 is 0.880 bits per heavy atom. The lowest BCUT2D eigenvalue weighted by Crippen LogP contribution is -2.09. The number of fused-ring (bicyclic) bond motifs is 6. The highest BCUT2D eigenvalue weighted by Gasteiger charge is 2.29. The maximum Gasteiger partial charge on any atom is 0.186 e. The topological polar surface area (TPSA) is 33.6 Å². The second-order valence-electron chi connectivity index (χ2n) is 12.2. The first-order valence-electron chi connectivity index (χ1n) is 15.9. The minimum atomic E-state index is -1.52. The molecular formula is C43H23F4N3. The molecule has 0 aliphatic heterocycles. The molecule has 7 heteroatoms. The maximum atomic E-state index is 16.0. The van der Waals surface area contributed by atoms with Gasteiger partial charge in [0.1, 0.15) is 5.69 Å². The second kappa shape index (κ2) is 11.2. The van der Waals surface area contributed by atoms with Crippen molar-refractivity contribution in [3.63, 3.8) is 0 Å². The van der Waals surface area contributed by atoms with Crippen LogP contribution in [0, 0.1) is 34.6 Å². The lowest BCUT2D eigenvalue weighted by molar-refractivity contribution is 0.454. The van der Waals surface area contributed by atoms with Gasteiger partial charge in [-0.25, -0.2) is 17.6 Å². The highest BCUT2D eigenvalue weighted by Crippen LogP contribution is 2.41. The van der Waals surface area contributed by atoms with Crippen LogP contribution < -0.4 is 0 Å². The molecule has 0 fully saturated rings. The molecule has 0 unspecified atom stereocenters. The van der Waals surface area contributed by atoms with Gasteiger partial charge in [-0.1, -0.05) is 78.9 Å². The van der Waals surface area contributed by atoms with E-state index in [-0.39, 0.29) is 11.1 Å².